The first-order valence-electron chi connectivity index (χ1n) is 6.04. The second-order valence-corrected chi connectivity index (χ2v) is 4.33. The van der Waals surface area contributed by atoms with Crippen LogP contribution in [0.4, 0.5) is 0 Å². The van der Waals surface area contributed by atoms with Gasteiger partial charge in [-0.3, -0.25) is 9.59 Å². The zero-order chi connectivity index (χ0) is 15.0. The topological polar surface area (TPSA) is 108 Å². The van der Waals surface area contributed by atoms with E-state index in [-0.39, 0.29) is 22.7 Å². The summed E-state index contributed by atoms with van der Waals surface area (Å²) in [7, 11) is 1.49. The lowest BCUT2D eigenvalue weighted by molar-refractivity contribution is 0.0979. The molecule has 0 fully saturated rings. The number of ketones is 2. The molecule has 0 radical (unpaired) electrons. The molecule has 2 heterocycles. The first-order valence-corrected chi connectivity index (χ1v) is 6.04. The number of hydrogen-bond donors (Lipinski definition) is 1. The van der Waals surface area contributed by atoms with Gasteiger partial charge >= 0.3 is 0 Å². The molecule has 2 aromatic rings. The average molecular weight is 282 g/mol. The van der Waals surface area contributed by atoms with Crippen LogP contribution in [0.25, 0.3) is 11.4 Å². The van der Waals surface area contributed by atoms with E-state index < -0.39 is 5.78 Å². The number of fused-ring (bicyclic) bond motifs is 1. The summed E-state index contributed by atoms with van der Waals surface area (Å²) in [5.74, 6) is -0.426. The van der Waals surface area contributed by atoms with Gasteiger partial charge in [0, 0.05) is 6.08 Å². The number of carbonyl (C=O) groups excluding carboxylic acids is 2. The maximum absolute atomic E-state index is 12.0. The minimum absolute atomic E-state index is 0.0371. The second kappa shape index (κ2) is 4.78. The van der Waals surface area contributed by atoms with Crippen LogP contribution in [0.3, 0.4) is 0 Å². The number of methoxy groups -OCH3 is 1. The van der Waals surface area contributed by atoms with Gasteiger partial charge in [0.25, 0.3) is 0 Å². The highest BCUT2D eigenvalue weighted by atomic mass is 16.5. The van der Waals surface area contributed by atoms with E-state index in [2.05, 4.69) is 15.0 Å². The average Bonchev–Trinajstić information content (AvgIpc) is 2.52. The molecule has 1 aliphatic carbocycles. The lowest BCUT2D eigenvalue weighted by Gasteiger charge is -2.12. The van der Waals surface area contributed by atoms with Crippen molar-refractivity contribution in [3.05, 3.63) is 47.6 Å². The zero-order valence-electron chi connectivity index (χ0n) is 11.0. The van der Waals surface area contributed by atoms with Gasteiger partial charge in [-0.2, -0.15) is 0 Å². The van der Waals surface area contributed by atoms with Crippen LogP contribution in [0.1, 0.15) is 20.8 Å². The van der Waals surface area contributed by atoms with E-state index in [9.17, 15) is 9.59 Å². The Morgan fingerprint density at radius 3 is 2.57 bits per heavy atom. The third-order valence-electron chi connectivity index (χ3n) is 3.02. The molecular weight excluding hydrogens is 272 g/mol. The molecule has 0 aromatic carbocycles. The quantitative estimate of drug-likeness (QED) is 0.866. The molecule has 0 aliphatic heterocycles. The summed E-state index contributed by atoms with van der Waals surface area (Å²) in [5.41, 5.74) is 6.57. The van der Waals surface area contributed by atoms with Crippen molar-refractivity contribution in [1.82, 2.24) is 15.0 Å². The number of nitrogens with two attached hydrogens (primary N) is 1. The molecule has 0 atom stereocenters. The Balaban J connectivity index is 2.07. The Morgan fingerprint density at radius 1 is 1.10 bits per heavy atom. The summed E-state index contributed by atoms with van der Waals surface area (Å²) in [6, 6.07) is 3.14. The molecule has 7 nitrogen and oxygen atoms in total. The van der Waals surface area contributed by atoms with Crippen LogP contribution >= 0.6 is 0 Å². The Bertz CT molecular complexity index is 781. The van der Waals surface area contributed by atoms with Crippen molar-refractivity contribution in [3.8, 4) is 17.3 Å². The van der Waals surface area contributed by atoms with Crippen molar-refractivity contribution in [3.63, 3.8) is 0 Å². The number of pyridine rings is 1. The predicted octanol–water partition coefficient (Wildman–Crippen LogP) is 0.769. The maximum Gasteiger partial charge on any atom is 0.232 e. The monoisotopic (exact) mass is 282 g/mol. The first-order chi connectivity index (χ1) is 10.1. The number of carbonyl (C=O) groups is 2. The van der Waals surface area contributed by atoms with Crippen molar-refractivity contribution < 1.29 is 14.3 Å². The SMILES string of the molecule is COc1cnc(-c2ccc3c(n2)C(=O)C(N)=CC3=O)cn1. The molecule has 0 spiro atoms. The number of nitrogens with zero attached hydrogens (tertiary/aromatic N) is 3. The number of ether oxygens (including phenoxy) is 1. The van der Waals surface area contributed by atoms with Gasteiger partial charge in [-0.1, -0.05) is 0 Å². The van der Waals surface area contributed by atoms with Gasteiger partial charge in [0.2, 0.25) is 11.7 Å². The largest absolute Gasteiger partial charge is 0.480 e. The summed E-state index contributed by atoms with van der Waals surface area (Å²) in [4.78, 5) is 36.1. The highest BCUT2D eigenvalue weighted by Gasteiger charge is 2.26. The van der Waals surface area contributed by atoms with Gasteiger partial charge in [0.1, 0.15) is 11.4 Å². The third-order valence-corrected chi connectivity index (χ3v) is 3.02. The normalized spacial score (nSPS) is 13.7. The molecule has 104 valence electrons. The van der Waals surface area contributed by atoms with Gasteiger partial charge in [-0.15, -0.1) is 0 Å². The van der Waals surface area contributed by atoms with Crippen molar-refractivity contribution in [1.29, 1.82) is 0 Å². The first kappa shape index (κ1) is 12.9. The molecule has 7 heteroatoms. The molecule has 1 aliphatic rings. The molecule has 0 unspecified atom stereocenters. The van der Waals surface area contributed by atoms with Crippen LogP contribution < -0.4 is 10.5 Å². The van der Waals surface area contributed by atoms with E-state index in [0.717, 1.165) is 6.08 Å². The van der Waals surface area contributed by atoms with E-state index in [1.165, 1.54) is 25.6 Å². The van der Waals surface area contributed by atoms with Crippen LogP contribution in [-0.2, 0) is 0 Å². The molecule has 0 saturated heterocycles. The van der Waals surface area contributed by atoms with Gasteiger partial charge in [0.15, 0.2) is 5.78 Å². The minimum Gasteiger partial charge on any atom is -0.480 e. The predicted molar refractivity (Wildman–Crippen MR) is 72.7 cm³/mol. The Kier molecular flexibility index (Phi) is 2.94. The van der Waals surface area contributed by atoms with Crippen molar-refractivity contribution >= 4 is 11.6 Å². The van der Waals surface area contributed by atoms with Crippen LogP contribution in [0.2, 0.25) is 0 Å². The van der Waals surface area contributed by atoms with Gasteiger partial charge < -0.3 is 10.5 Å². The smallest absolute Gasteiger partial charge is 0.232 e. The number of hydrogen-bond acceptors (Lipinski definition) is 7. The van der Waals surface area contributed by atoms with E-state index in [0.29, 0.717) is 17.3 Å². The highest BCUT2D eigenvalue weighted by Crippen LogP contribution is 2.22. The van der Waals surface area contributed by atoms with Crippen molar-refractivity contribution in [2.24, 2.45) is 5.73 Å². The summed E-state index contributed by atoms with van der Waals surface area (Å²) in [5, 5.41) is 0. The summed E-state index contributed by atoms with van der Waals surface area (Å²) < 4.78 is 4.92. The number of aromatic nitrogens is 3. The van der Waals surface area contributed by atoms with Gasteiger partial charge in [-0.05, 0) is 12.1 Å². The van der Waals surface area contributed by atoms with Gasteiger partial charge in [0.05, 0.1) is 36.5 Å². The number of Topliss-reactive ketones (excluding diaryl/α,β-unsaturated/α-hetero) is 1. The third kappa shape index (κ3) is 2.14. The molecule has 0 saturated carbocycles. The van der Waals surface area contributed by atoms with Gasteiger partial charge in [-0.25, -0.2) is 15.0 Å². The Hall–Kier alpha value is -3.09. The lowest BCUT2D eigenvalue weighted by Crippen LogP contribution is -2.23. The summed E-state index contributed by atoms with van der Waals surface area (Å²) >= 11 is 0. The van der Waals surface area contributed by atoms with Crippen molar-refractivity contribution in [2.45, 2.75) is 0 Å². The van der Waals surface area contributed by atoms with Crippen molar-refractivity contribution in [2.75, 3.05) is 7.11 Å². The Morgan fingerprint density at radius 2 is 1.90 bits per heavy atom. The second-order valence-electron chi connectivity index (χ2n) is 4.33. The molecule has 0 amide bonds. The van der Waals surface area contributed by atoms with Crippen LogP contribution in [0, 0.1) is 0 Å². The number of rotatable bonds is 2. The lowest BCUT2D eigenvalue weighted by atomic mass is 9.97. The fraction of sp³-hybridized carbons (Fsp3) is 0.0714. The van der Waals surface area contributed by atoms with E-state index in [1.54, 1.807) is 6.07 Å². The van der Waals surface area contributed by atoms with Crippen LogP contribution in [0.15, 0.2) is 36.3 Å². The standard InChI is InChI=1S/C14H10N4O3/c1-21-12-6-16-10(5-17-12)9-3-2-7-11(19)4-8(15)14(20)13(7)18-9/h2-6H,15H2,1H3. The minimum atomic E-state index is -0.465. The van der Waals surface area contributed by atoms with E-state index in [4.69, 9.17) is 10.5 Å². The fourth-order valence-corrected chi connectivity index (χ4v) is 1.95. The Labute approximate surface area is 119 Å². The fourth-order valence-electron chi connectivity index (χ4n) is 1.95. The van der Waals surface area contributed by atoms with Crippen LogP contribution in [0.5, 0.6) is 5.88 Å². The maximum atomic E-state index is 12.0. The number of allylic oxidation sites excluding steroid dienone is 2. The van der Waals surface area contributed by atoms with E-state index >= 15 is 0 Å². The highest BCUT2D eigenvalue weighted by molar-refractivity contribution is 6.23. The molecule has 3 rings (SSSR count). The molecule has 2 aromatic heterocycles. The molecule has 0 bridgehead atoms. The molecule has 2 N–H and O–H groups in total. The molecular formula is C14H10N4O3. The van der Waals surface area contributed by atoms with Crippen LogP contribution in [-0.4, -0.2) is 33.6 Å². The zero-order valence-corrected chi connectivity index (χ0v) is 11.0. The van der Waals surface area contributed by atoms with E-state index in [1.807, 2.05) is 0 Å². The molecule has 21 heavy (non-hydrogen) atoms. The summed E-state index contributed by atoms with van der Waals surface area (Å²) in [6.45, 7) is 0. The summed E-state index contributed by atoms with van der Waals surface area (Å²) in [6.07, 6.45) is 4.03.